The number of amidine groups is 1. The normalized spacial score (nSPS) is 22.2. The summed E-state index contributed by atoms with van der Waals surface area (Å²) in [5.41, 5.74) is 0.421. The van der Waals surface area contributed by atoms with E-state index in [1.54, 1.807) is 0 Å². The third kappa shape index (κ3) is 4.41. The highest BCUT2D eigenvalue weighted by Crippen LogP contribution is 2.29. The minimum Gasteiger partial charge on any atom is -0.484 e. The molecule has 27 heavy (non-hydrogen) atoms. The number of hydrogen-bond donors (Lipinski definition) is 1. The van der Waals surface area contributed by atoms with Crippen LogP contribution >= 0.6 is 11.8 Å². The van der Waals surface area contributed by atoms with Crippen LogP contribution in [0.4, 0.5) is 18.9 Å². The van der Waals surface area contributed by atoms with E-state index < -0.39 is 30.9 Å². The first-order valence-corrected chi connectivity index (χ1v) is 8.95. The van der Waals surface area contributed by atoms with Gasteiger partial charge < -0.3 is 10.1 Å². The minimum absolute atomic E-state index is 0.0305. The summed E-state index contributed by atoms with van der Waals surface area (Å²) in [7, 11) is 0. The molecule has 1 N–H and O–H groups in total. The third-order valence-corrected chi connectivity index (χ3v) is 4.46. The van der Waals surface area contributed by atoms with Crippen molar-refractivity contribution in [2.75, 3.05) is 17.3 Å². The number of anilines is 1. The van der Waals surface area contributed by atoms with Gasteiger partial charge in [0.25, 0.3) is 11.8 Å². The summed E-state index contributed by atoms with van der Waals surface area (Å²) in [6.07, 6.45) is -4.16. The molecule has 3 rings (SSSR count). The molecule has 1 aromatic rings. The van der Waals surface area contributed by atoms with Crippen molar-refractivity contribution in [3.8, 4) is 5.75 Å². The van der Waals surface area contributed by atoms with Crippen LogP contribution < -0.4 is 15.0 Å². The molecule has 11 heteroatoms. The summed E-state index contributed by atoms with van der Waals surface area (Å²) in [5, 5.41) is 2.97. The molecule has 144 valence electrons. The Morgan fingerprint density at radius 2 is 1.96 bits per heavy atom. The number of rotatable bonds is 4. The number of halogens is 3. The quantitative estimate of drug-likeness (QED) is 0.838. The van der Waals surface area contributed by atoms with Gasteiger partial charge in [-0.25, -0.2) is 4.99 Å². The van der Waals surface area contributed by atoms with E-state index in [-0.39, 0.29) is 11.7 Å². The van der Waals surface area contributed by atoms with E-state index in [1.165, 1.54) is 40.9 Å². The molecule has 2 aliphatic rings. The number of nitrogens with zero attached hydrogens (tertiary/aromatic N) is 3. The molecule has 1 aromatic carbocycles. The molecule has 0 aliphatic carbocycles. The van der Waals surface area contributed by atoms with Gasteiger partial charge in [-0.1, -0.05) is 18.7 Å². The van der Waals surface area contributed by atoms with Gasteiger partial charge in [-0.2, -0.15) is 13.2 Å². The Bertz CT molecular complexity index is 795. The van der Waals surface area contributed by atoms with Crippen molar-refractivity contribution in [2.24, 2.45) is 9.98 Å². The van der Waals surface area contributed by atoms with Crippen molar-refractivity contribution in [2.45, 2.75) is 25.3 Å². The van der Waals surface area contributed by atoms with Crippen LogP contribution in [0.2, 0.25) is 0 Å². The fourth-order valence-corrected chi connectivity index (χ4v) is 3.29. The standard InChI is InChI=1S/C16H15F3N4O3S/c1-2-27-15-22-13-12(20-7-11(24)21-13)14(25)23(15)9-3-5-10(6-4-9)26-8-16(17,18)19/h3-7,12-13H,2,8H2,1H3,(H,21,24). The second-order valence-corrected chi connectivity index (χ2v) is 6.82. The van der Waals surface area contributed by atoms with Gasteiger partial charge in [0.2, 0.25) is 0 Å². The SMILES string of the molecule is CCSC1=NC2NC(=O)C=NC2C(=O)N1c1ccc(OCC(F)(F)F)cc1. The lowest BCUT2D eigenvalue weighted by Gasteiger charge is -2.35. The summed E-state index contributed by atoms with van der Waals surface area (Å²) < 4.78 is 41.4. The van der Waals surface area contributed by atoms with E-state index in [0.717, 1.165) is 6.21 Å². The monoisotopic (exact) mass is 400 g/mol. The van der Waals surface area contributed by atoms with Crippen LogP contribution in [0.25, 0.3) is 0 Å². The molecule has 0 bridgehead atoms. The number of benzene rings is 1. The molecular formula is C16H15F3N4O3S. The highest BCUT2D eigenvalue weighted by molar-refractivity contribution is 8.14. The van der Waals surface area contributed by atoms with E-state index in [2.05, 4.69) is 20.0 Å². The molecule has 0 radical (unpaired) electrons. The summed E-state index contributed by atoms with van der Waals surface area (Å²) in [5.74, 6) is -0.147. The fourth-order valence-electron chi connectivity index (χ4n) is 2.52. The molecule has 0 aromatic heterocycles. The smallest absolute Gasteiger partial charge is 0.422 e. The molecule has 2 atom stereocenters. The number of amides is 2. The summed E-state index contributed by atoms with van der Waals surface area (Å²) in [4.78, 5) is 34.0. The number of carbonyl (C=O) groups excluding carboxylic acids is 2. The molecule has 2 aliphatic heterocycles. The lowest BCUT2D eigenvalue weighted by atomic mass is 10.1. The zero-order valence-electron chi connectivity index (χ0n) is 14.1. The van der Waals surface area contributed by atoms with Crippen LogP contribution in [0.3, 0.4) is 0 Å². The van der Waals surface area contributed by atoms with Gasteiger partial charge in [0.15, 0.2) is 24.0 Å². The van der Waals surface area contributed by atoms with Crippen LogP contribution in [-0.4, -0.2) is 53.9 Å². The highest BCUT2D eigenvalue weighted by Gasteiger charge is 2.41. The third-order valence-electron chi connectivity index (χ3n) is 3.63. The maximum Gasteiger partial charge on any atom is 0.422 e. The lowest BCUT2D eigenvalue weighted by Crippen LogP contribution is -2.58. The average molecular weight is 400 g/mol. The summed E-state index contributed by atoms with van der Waals surface area (Å²) >= 11 is 1.31. The topological polar surface area (TPSA) is 83.4 Å². The zero-order valence-corrected chi connectivity index (χ0v) is 14.9. The number of thioether (sulfide) groups is 1. The average Bonchev–Trinajstić information content (AvgIpc) is 2.60. The Hall–Kier alpha value is -2.56. The Labute approximate surface area is 156 Å². The van der Waals surface area contributed by atoms with E-state index >= 15 is 0 Å². The number of nitrogens with one attached hydrogen (secondary N) is 1. The molecular weight excluding hydrogens is 385 g/mol. The molecule has 2 amide bonds. The highest BCUT2D eigenvalue weighted by atomic mass is 32.2. The van der Waals surface area contributed by atoms with Crippen molar-refractivity contribution >= 4 is 40.6 Å². The fraction of sp³-hybridized carbons (Fsp3) is 0.375. The first kappa shape index (κ1) is 19.2. The Kier molecular flexibility index (Phi) is 5.40. The molecule has 0 saturated carbocycles. The van der Waals surface area contributed by atoms with Gasteiger partial charge in [0.1, 0.15) is 5.75 Å². The Balaban J connectivity index is 1.85. The second kappa shape index (κ2) is 7.59. The molecule has 2 heterocycles. The van der Waals surface area contributed by atoms with Crippen LogP contribution in [-0.2, 0) is 9.59 Å². The minimum atomic E-state index is -4.43. The van der Waals surface area contributed by atoms with Crippen LogP contribution in [0.15, 0.2) is 34.3 Å². The van der Waals surface area contributed by atoms with Gasteiger partial charge in [-0.15, -0.1) is 0 Å². The van der Waals surface area contributed by atoms with E-state index in [9.17, 15) is 22.8 Å². The number of hydrogen-bond acceptors (Lipinski definition) is 6. The molecule has 2 unspecified atom stereocenters. The number of aliphatic imine (C=N–C) groups is 2. The van der Waals surface area contributed by atoms with Gasteiger partial charge in [-0.05, 0) is 30.0 Å². The van der Waals surface area contributed by atoms with Crippen molar-refractivity contribution < 1.29 is 27.5 Å². The van der Waals surface area contributed by atoms with Gasteiger partial charge in [-0.3, -0.25) is 19.5 Å². The number of carbonyl (C=O) groups is 2. The lowest BCUT2D eigenvalue weighted by molar-refractivity contribution is -0.153. The predicted molar refractivity (Wildman–Crippen MR) is 95.3 cm³/mol. The van der Waals surface area contributed by atoms with Crippen molar-refractivity contribution in [1.29, 1.82) is 0 Å². The number of ether oxygens (including phenoxy) is 1. The van der Waals surface area contributed by atoms with Crippen molar-refractivity contribution in [3.05, 3.63) is 24.3 Å². The number of alkyl halides is 3. The van der Waals surface area contributed by atoms with E-state index in [0.29, 0.717) is 16.6 Å². The van der Waals surface area contributed by atoms with Crippen LogP contribution in [0, 0.1) is 0 Å². The summed E-state index contributed by atoms with van der Waals surface area (Å²) in [6.45, 7) is 0.485. The Morgan fingerprint density at radius 1 is 1.26 bits per heavy atom. The van der Waals surface area contributed by atoms with E-state index in [1.807, 2.05) is 6.92 Å². The predicted octanol–water partition coefficient (Wildman–Crippen LogP) is 1.98. The summed E-state index contributed by atoms with van der Waals surface area (Å²) in [6, 6.07) is 4.76. The molecule has 0 saturated heterocycles. The molecule has 7 nitrogen and oxygen atoms in total. The first-order valence-electron chi connectivity index (χ1n) is 7.96. The van der Waals surface area contributed by atoms with Crippen LogP contribution in [0.1, 0.15) is 6.92 Å². The van der Waals surface area contributed by atoms with Gasteiger partial charge in [0, 0.05) is 0 Å². The maximum absolute atomic E-state index is 12.9. The van der Waals surface area contributed by atoms with Crippen LogP contribution in [0.5, 0.6) is 5.75 Å². The van der Waals surface area contributed by atoms with Crippen molar-refractivity contribution in [3.63, 3.8) is 0 Å². The van der Waals surface area contributed by atoms with Gasteiger partial charge in [0.05, 0.1) is 11.9 Å². The molecule has 0 spiro atoms. The largest absolute Gasteiger partial charge is 0.484 e. The van der Waals surface area contributed by atoms with Gasteiger partial charge >= 0.3 is 6.18 Å². The van der Waals surface area contributed by atoms with E-state index in [4.69, 9.17) is 0 Å². The number of fused-ring (bicyclic) bond motifs is 1. The second-order valence-electron chi connectivity index (χ2n) is 5.59. The maximum atomic E-state index is 12.9. The Morgan fingerprint density at radius 3 is 2.59 bits per heavy atom. The van der Waals surface area contributed by atoms with Crippen molar-refractivity contribution in [1.82, 2.24) is 5.32 Å². The first-order chi connectivity index (χ1) is 12.8. The zero-order chi connectivity index (χ0) is 19.6. The molecule has 0 fully saturated rings.